The fourth-order valence-electron chi connectivity index (χ4n) is 2.05. The molecule has 112 valence electrons. The Morgan fingerprint density at radius 2 is 2.05 bits per heavy atom. The Bertz CT molecular complexity index is 725. The van der Waals surface area contributed by atoms with E-state index in [1.165, 1.54) is 6.92 Å². The van der Waals surface area contributed by atoms with Crippen LogP contribution in [-0.2, 0) is 21.2 Å². The molecule has 0 spiro atoms. The number of carbonyl (C=O) groups excluding carboxylic acids is 2. The second-order valence-corrected chi connectivity index (χ2v) is 6.39. The molecule has 8 heteroatoms. The third kappa shape index (κ3) is 3.27. The Kier molecular flexibility index (Phi) is 4.08. The summed E-state index contributed by atoms with van der Waals surface area (Å²) in [6.07, 6.45) is 0.758. The highest BCUT2D eigenvalue weighted by Gasteiger charge is 2.39. The van der Waals surface area contributed by atoms with Crippen LogP contribution in [0.5, 0.6) is 0 Å². The summed E-state index contributed by atoms with van der Waals surface area (Å²) in [5.41, 5.74) is 1.28. The van der Waals surface area contributed by atoms with Crippen molar-refractivity contribution in [3.63, 3.8) is 0 Å². The maximum absolute atomic E-state index is 12.3. The van der Waals surface area contributed by atoms with Crippen molar-refractivity contribution in [2.45, 2.75) is 25.5 Å². The van der Waals surface area contributed by atoms with Crippen LogP contribution in [0.1, 0.15) is 19.4 Å². The van der Waals surface area contributed by atoms with Crippen molar-refractivity contribution in [2.75, 3.05) is 4.72 Å². The van der Waals surface area contributed by atoms with Crippen LogP contribution < -0.4 is 10.0 Å². The number of benzene rings is 1. The van der Waals surface area contributed by atoms with Crippen LogP contribution in [0.25, 0.3) is 0 Å². The third-order valence-electron chi connectivity index (χ3n) is 3.03. The first-order valence-corrected chi connectivity index (χ1v) is 7.88. The molecule has 2 rings (SSSR count). The summed E-state index contributed by atoms with van der Waals surface area (Å²) in [5.74, 6) is -0.897. The molecule has 1 heterocycles. The van der Waals surface area contributed by atoms with Gasteiger partial charge in [-0.25, -0.2) is 18.2 Å². The van der Waals surface area contributed by atoms with Gasteiger partial charge in [-0.2, -0.15) is 0 Å². The summed E-state index contributed by atoms with van der Waals surface area (Å²) in [6.45, 7) is 3.29. The van der Waals surface area contributed by atoms with E-state index in [1.54, 1.807) is 18.2 Å². The standard InChI is InChI=1S/C13H15N3O4S/c1-3-9-5-4-6-10(7-9)16-21(19,20)11-8(2)14-13(18)15-12(11)17/h4-7,11,16H,3H2,1-2H3,(H,15,17,18). The number of imide groups is 1. The zero-order valence-corrected chi connectivity index (χ0v) is 12.4. The molecule has 1 aromatic carbocycles. The number of carbonyl (C=O) groups is 2. The van der Waals surface area contributed by atoms with Gasteiger partial charge in [0.05, 0.1) is 5.71 Å². The highest BCUT2D eigenvalue weighted by molar-refractivity contribution is 7.94. The van der Waals surface area contributed by atoms with E-state index in [2.05, 4.69) is 9.71 Å². The van der Waals surface area contributed by atoms with Gasteiger partial charge in [0.1, 0.15) is 0 Å². The minimum atomic E-state index is -4.03. The molecule has 0 saturated carbocycles. The van der Waals surface area contributed by atoms with Gasteiger partial charge in [0.2, 0.25) is 10.0 Å². The number of hydrogen-bond donors (Lipinski definition) is 2. The second kappa shape index (κ2) is 5.65. The van der Waals surface area contributed by atoms with Crippen molar-refractivity contribution in [3.05, 3.63) is 29.8 Å². The van der Waals surface area contributed by atoms with Gasteiger partial charge >= 0.3 is 6.03 Å². The number of sulfonamides is 1. The molecule has 21 heavy (non-hydrogen) atoms. The zero-order chi connectivity index (χ0) is 15.6. The number of amides is 3. The van der Waals surface area contributed by atoms with Crippen molar-refractivity contribution in [1.29, 1.82) is 0 Å². The molecule has 1 aliphatic heterocycles. The first-order chi connectivity index (χ1) is 9.83. The maximum atomic E-state index is 12.3. The molecule has 7 nitrogen and oxygen atoms in total. The molecule has 0 saturated heterocycles. The van der Waals surface area contributed by atoms with E-state index >= 15 is 0 Å². The fourth-order valence-corrected chi connectivity index (χ4v) is 3.47. The van der Waals surface area contributed by atoms with Crippen LogP contribution in [-0.4, -0.2) is 31.3 Å². The van der Waals surface area contributed by atoms with Gasteiger partial charge in [-0.15, -0.1) is 0 Å². The van der Waals surface area contributed by atoms with Gasteiger partial charge in [-0.05, 0) is 31.0 Å². The van der Waals surface area contributed by atoms with Crippen LogP contribution in [0, 0.1) is 0 Å². The molecule has 1 unspecified atom stereocenters. The Labute approximate surface area is 122 Å². The largest absolute Gasteiger partial charge is 0.347 e. The number of anilines is 1. The molecule has 2 N–H and O–H groups in total. The topological polar surface area (TPSA) is 105 Å². The lowest BCUT2D eigenvalue weighted by atomic mass is 10.1. The molecule has 1 aliphatic rings. The zero-order valence-electron chi connectivity index (χ0n) is 11.6. The van der Waals surface area contributed by atoms with Crippen LogP contribution in [0.15, 0.2) is 29.3 Å². The first-order valence-electron chi connectivity index (χ1n) is 6.34. The van der Waals surface area contributed by atoms with Gasteiger partial charge in [-0.3, -0.25) is 14.8 Å². The number of aryl methyl sites for hydroxylation is 1. The summed E-state index contributed by atoms with van der Waals surface area (Å²) in [5, 5.41) is 0.376. The van der Waals surface area contributed by atoms with E-state index in [1.807, 2.05) is 18.3 Å². The van der Waals surface area contributed by atoms with Crippen molar-refractivity contribution < 1.29 is 18.0 Å². The second-order valence-electron chi connectivity index (χ2n) is 4.63. The predicted molar refractivity (Wildman–Crippen MR) is 78.8 cm³/mol. The van der Waals surface area contributed by atoms with Crippen LogP contribution in [0.2, 0.25) is 0 Å². The van der Waals surface area contributed by atoms with Gasteiger partial charge in [0, 0.05) is 5.69 Å². The third-order valence-corrected chi connectivity index (χ3v) is 4.73. The van der Waals surface area contributed by atoms with E-state index < -0.39 is 27.2 Å². The Hall–Kier alpha value is -2.22. The summed E-state index contributed by atoms with van der Waals surface area (Å²) >= 11 is 0. The van der Waals surface area contributed by atoms with Gasteiger partial charge < -0.3 is 0 Å². The predicted octanol–water partition coefficient (Wildman–Crippen LogP) is 1.07. The van der Waals surface area contributed by atoms with E-state index in [-0.39, 0.29) is 5.71 Å². The summed E-state index contributed by atoms with van der Waals surface area (Å²) < 4.78 is 27.0. The lowest BCUT2D eigenvalue weighted by Gasteiger charge is -2.20. The van der Waals surface area contributed by atoms with E-state index in [0.717, 1.165) is 12.0 Å². The van der Waals surface area contributed by atoms with Gasteiger partial charge in [0.25, 0.3) is 5.91 Å². The molecule has 0 aliphatic carbocycles. The molecule has 1 atom stereocenters. The number of urea groups is 1. The van der Waals surface area contributed by atoms with Gasteiger partial charge in [-0.1, -0.05) is 19.1 Å². The number of hydrogen-bond acceptors (Lipinski definition) is 4. The van der Waals surface area contributed by atoms with Crippen molar-refractivity contribution in [1.82, 2.24) is 5.32 Å². The van der Waals surface area contributed by atoms with Crippen LogP contribution in [0.3, 0.4) is 0 Å². The molecule has 0 radical (unpaired) electrons. The summed E-state index contributed by atoms with van der Waals surface area (Å²) in [7, 11) is -4.03. The fraction of sp³-hybridized carbons (Fsp3) is 0.308. The molecule has 0 aromatic heterocycles. The number of rotatable bonds is 4. The maximum Gasteiger partial charge on any atom is 0.347 e. The molecule has 0 fully saturated rings. The van der Waals surface area contributed by atoms with E-state index in [4.69, 9.17) is 0 Å². The average molecular weight is 309 g/mol. The lowest BCUT2D eigenvalue weighted by molar-refractivity contribution is -0.118. The SMILES string of the molecule is CCc1cccc(NS(=O)(=O)C2C(=O)NC(=O)N=C2C)c1. The smallest absolute Gasteiger partial charge is 0.283 e. The molecule has 0 bridgehead atoms. The molecule has 3 amide bonds. The monoisotopic (exact) mass is 309 g/mol. The minimum Gasteiger partial charge on any atom is -0.283 e. The highest BCUT2D eigenvalue weighted by Crippen LogP contribution is 2.17. The van der Waals surface area contributed by atoms with Crippen LogP contribution >= 0.6 is 0 Å². The number of aliphatic imine (C=N–C) groups is 1. The Balaban J connectivity index is 2.31. The van der Waals surface area contributed by atoms with Crippen molar-refractivity contribution in [3.8, 4) is 0 Å². The Morgan fingerprint density at radius 1 is 1.33 bits per heavy atom. The number of nitrogens with one attached hydrogen (secondary N) is 2. The minimum absolute atomic E-state index is 0.0529. The van der Waals surface area contributed by atoms with Crippen LogP contribution in [0.4, 0.5) is 10.5 Å². The van der Waals surface area contributed by atoms with Gasteiger partial charge in [0.15, 0.2) is 5.25 Å². The summed E-state index contributed by atoms with van der Waals surface area (Å²) in [6, 6.07) is 6.03. The number of nitrogens with zero attached hydrogens (tertiary/aromatic N) is 1. The molecule has 1 aromatic rings. The lowest BCUT2D eigenvalue weighted by Crippen LogP contribution is -2.51. The summed E-state index contributed by atoms with van der Waals surface area (Å²) in [4.78, 5) is 26.3. The Morgan fingerprint density at radius 3 is 2.67 bits per heavy atom. The quantitative estimate of drug-likeness (QED) is 0.868. The van der Waals surface area contributed by atoms with Crippen molar-refractivity contribution in [2.24, 2.45) is 4.99 Å². The highest BCUT2D eigenvalue weighted by atomic mass is 32.2. The first kappa shape index (κ1) is 15.2. The molecular weight excluding hydrogens is 294 g/mol. The molecular formula is C13H15N3O4S. The van der Waals surface area contributed by atoms with E-state index in [9.17, 15) is 18.0 Å². The van der Waals surface area contributed by atoms with E-state index in [0.29, 0.717) is 5.69 Å². The average Bonchev–Trinajstić information content (AvgIpc) is 2.36. The van der Waals surface area contributed by atoms with Crippen molar-refractivity contribution >= 4 is 33.4 Å². The normalized spacial score (nSPS) is 19.0.